The molecule has 1 aliphatic rings. The van der Waals surface area contributed by atoms with E-state index in [0.29, 0.717) is 0 Å². The maximum atomic E-state index is 13.6. The van der Waals surface area contributed by atoms with Crippen molar-refractivity contribution in [2.75, 3.05) is 13.7 Å². The molecule has 1 saturated heterocycles. The summed E-state index contributed by atoms with van der Waals surface area (Å²) < 4.78 is 31.7. The molecule has 1 fully saturated rings. The Kier molecular flexibility index (Phi) is 2.96. The monoisotopic (exact) mass is 229 g/mol. The molecule has 2 N–H and O–H groups in total. The Balaban J connectivity index is 2.48. The number of aromatic hydroxyl groups is 1. The van der Waals surface area contributed by atoms with Crippen LogP contribution in [0.4, 0.5) is 8.78 Å². The van der Waals surface area contributed by atoms with Gasteiger partial charge < -0.3 is 15.2 Å². The number of hydrogen-bond acceptors (Lipinski definition) is 3. The highest BCUT2D eigenvalue weighted by atomic mass is 19.1. The molecule has 0 spiro atoms. The van der Waals surface area contributed by atoms with Gasteiger partial charge in [-0.1, -0.05) is 0 Å². The van der Waals surface area contributed by atoms with Crippen molar-refractivity contribution in [2.45, 2.75) is 18.9 Å². The van der Waals surface area contributed by atoms with Crippen LogP contribution in [0.1, 0.15) is 24.4 Å². The maximum absolute atomic E-state index is 13.6. The summed E-state index contributed by atoms with van der Waals surface area (Å²) >= 11 is 0. The van der Waals surface area contributed by atoms with Crippen LogP contribution in [0, 0.1) is 11.6 Å². The molecule has 1 unspecified atom stereocenters. The Labute approximate surface area is 92.0 Å². The van der Waals surface area contributed by atoms with Gasteiger partial charge in [0.05, 0.1) is 7.11 Å². The third-order valence-corrected chi connectivity index (χ3v) is 2.83. The quantitative estimate of drug-likeness (QED) is 0.816. The molecule has 1 aliphatic heterocycles. The lowest BCUT2D eigenvalue weighted by Crippen LogP contribution is -2.15. The topological polar surface area (TPSA) is 41.5 Å². The molecule has 1 heterocycles. The van der Waals surface area contributed by atoms with Crippen molar-refractivity contribution in [1.29, 1.82) is 0 Å². The van der Waals surface area contributed by atoms with Crippen molar-refractivity contribution in [2.24, 2.45) is 0 Å². The molecule has 0 amide bonds. The number of ether oxygens (including phenoxy) is 1. The van der Waals surface area contributed by atoms with E-state index in [-0.39, 0.29) is 17.4 Å². The molecule has 0 aliphatic carbocycles. The predicted molar refractivity (Wildman–Crippen MR) is 54.6 cm³/mol. The summed E-state index contributed by atoms with van der Waals surface area (Å²) in [7, 11) is 1.28. The first-order chi connectivity index (χ1) is 7.65. The maximum Gasteiger partial charge on any atom is 0.209 e. The standard InChI is InChI=1S/C11H13F2NO2/c1-16-8-5-6(7-3-2-4-14-7)9(12)11(15)10(8)13/h5,7,14-15H,2-4H2,1H3. The van der Waals surface area contributed by atoms with Gasteiger partial charge in [-0.25, -0.2) is 4.39 Å². The van der Waals surface area contributed by atoms with E-state index < -0.39 is 17.4 Å². The Morgan fingerprint density at radius 1 is 1.44 bits per heavy atom. The molecule has 5 heteroatoms. The highest BCUT2D eigenvalue weighted by Crippen LogP contribution is 2.36. The van der Waals surface area contributed by atoms with E-state index >= 15 is 0 Å². The molecule has 0 radical (unpaired) electrons. The third-order valence-electron chi connectivity index (χ3n) is 2.83. The van der Waals surface area contributed by atoms with Crippen LogP contribution in [0.3, 0.4) is 0 Å². The minimum atomic E-state index is -1.05. The fraction of sp³-hybridized carbons (Fsp3) is 0.455. The summed E-state index contributed by atoms with van der Waals surface area (Å²) in [5.41, 5.74) is 0.258. The molecule has 2 rings (SSSR count). The lowest BCUT2D eigenvalue weighted by atomic mass is 10.0. The van der Waals surface area contributed by atoms with Gasteiger partial charge in [0.15, 0.2) is 17.3 Å². The zero-order valence-corrected chi connectivity index (χ0v) is 8.89. The van der Waals surface area contributed by atoms with Gasteiger partial charge >= 0.3 is 0 Å². The smallest absolute Gasteiger partial charge is 0.209 e. The molecule has 1 aromatic carbocycles. The van der Waals surface area contributed by atoms with Crippen molar-refractivity contribution in [3.63, 3.8) is 0 Å². The molecule has 1 aromatic rings. The van der Waals surface area contributed by atoms with E-state index in [1.54, 1.807) is 0 Å². The number of methoxy groups -OCH3 is 1. The van der Waals surface area contributed by atoms with Crippen LogP contribution in [0.25, 0.3) is 0 Å². The summed E-state index contributed by atoms with van der Waals surface area (Å²) in [6.45, 7) is 0.796. The molecule has 0 bridgehead atoms. The molecule has 1 atom stereocenters. The average molecular weight is 229 g/mol. The Morgan fingerprint density at radius 2 is 2.19 bits per heavy atom. The number of hydrogen-bond donors (Lipinski definition) is 2. The van der Waals surface area contributed by atoms with E-state index in [1.807, 2.05) is 0 Å². The Bertz CT molecular complexity index is 403. The van der Waals surface area contributed by atoms with E-state index in [4.69, 9.17) is 4.74 Å². The summed E-state index contributed by atoms with van der Waals surface area (Å²) in [5, 5.41) is 12.4. The van der Waals surface area contributed by atoms with Gasteiger partial charge in [0.1, 0.15) is 0 Å². The van der Waals surface area contributed by atoms with Gasteiger partial charge in [0.2, 0.25) is 5.82 Å². The zero-order valence-electron chi connectivity index (χ0n) is 8.89. The van der Waals surface area contributed by atoms with Gasteiger partial charge in [-0.2, -0.15) is 4.39 Å². The predicted octanol–water partition coefficient (Wildman–Crippen LogP) is 2.10. The van der Waals surface area contributed by atoms with Crippen molar-refractivity contribution in [3.8, 4) is 11.5 Å². The molecular formula is C11H13F2NO2. The van der Waals surface area contributed by atoms with Gasteiger partial charge in [0.25, 0.3) is 0 Å². The lowest BCUT2D eigenvalue weighted by Gasteiger charge is -2.14. The Morgan fingerprint density at radius 3 is 2.75 bits per heavy atom. The molecule has 16 heavy (non-hydrogen) atoms. The van der Waals surface area contributed by atoms with Gasteiger partial charge in [-0.15, -0.1) is 0 Å². The molecule has 0 saturated carbocycles. The second-order valence-corrected chi connectivity index (χ2v) is 3.79. The van der Waals surface area contributed by atoms with E-state index in [0.717, 1.165) is 19.4 Å². The van der Waals surface area contributed by atoms with Crippen LogP contribution < -0.4 is 10.1 Å². The molecular weight excluding hydrogens is 216 g/mol. The van der Waals surface area contributed by atoms with Gasteiger partial charge in [0, 0.05) is 11.6 Å². The van der Waals surface area contributed by atoms with Crippen molar-refractivity contribution in [1.82, 2.24) is 5.32 Å². The van der Waals surface area contributed by atoms with Crippen LogP contribution in [0.2, 0.25) is 0 Å². The minimum absolute atomic E-state index is 0.136. The lowest BCUT2D eigenvalue weighted by molar-refractivity contribution is 0.345. The third kappa shape index (κ3) is 1.71. The number of rotatable bonds is 2. The summed E-state index contributed by atoms with van der Waals surface area (Å²) in [4.78, 5) is 0. The highest BCUT2D eigenvalue weighted by molar-refractivity contribution is 5.42. The van der Waals surface area contributed by atoms with Crippen molar-refractivity contribution < 1.29 is 18.6 Å². The van der Waals surface area contributed by atoms with Crippen molar-refractivity contribution in [3.05, 3.63) is 23.3 Å². The molecule has 3 nitrogen and oxygen atoms in total. The molecule has 0 aromatic heterocycles. The summed E-state index contributed by atoms with van der Waals surface area (Å²) in [5.74, 6) is -3.06. The van der Waals surface area contributed by atoms with Crippen LogP contribution in [0.15, 0.2) is 6.07 Å². The largest absolute Gasteiger partial charge is 0.503 e. The number of halogens is 2. The zero-order chi connectivity index (χ0) is 11.7. The number of phenols is 1. The SMILES string of the molecule is COc1cc(C2CCCN2)c(F)c(O)c1F. The Hall–Kier alpha value is -1.36. The second kappa shape index (κ2) is 4.25. The van der Waals surface area contributed by atoms with Gasteiger partial charge in [-0.05, 0) is 25.5 Å². The number of nitrogens with one attached hydrogen (secondary N) is 1. The average Bonchev–Trinajstić information content (AvgIpc) is 2.80. The van der Waals surface area contributed by atoms with E-state index in [1.165, 1.54) is 13.2 Å². The first-order valence-electron chi connectivity index (χ1n) is 5.13. The van der Waals surface area contributed by atoms with Crippen LogP contribution >= 0.6 is 0 Å². The van der Waals surface area contributed by atoms with Gasteiger partial charge in [-0.3, -0.25) is 0 Å². The van der Waals surface area contributed by atoms with Crippen LogP contribution in [-0.2, 0) is 0 Å². The van der Waals surface area contributed by atoms with Crippen molar-refractivity contribution >= 4 is 0 Å². The number of phenolic OH excluding ortho intramolecular Hbond substituents is 1. The second-order valence-electron chi connectivity index (χ2n) is 3.79. The fourth-order valence-corrected chi connectivity index (χ4v) is 1.97. The summed E-state index contributed by atoms with van der Waals surface area (Å²) in [6, 6.07) is 1.12. The van der Waals surface area contributed by atoms with E-state index in [2.05, 4.69) is 5.32 Å². The van der Waals surface area contributed by atoms with Crippen LogP contribution in [-0.4, -0.2) is 18.8 Å². The fourth-order valence-electron chi connectivity index (χ4n) is 1.97. The first kappa shape index (κ1) is 11.1. The summed E-state index contributed by atoms with van der Waals surface area (Å²) in [6.07, 6.45) is 1.70. The highest BCUT2D eigenvalue weighted by Gasteiger charge is 2.25. The first-order valence-corrected chi connectivity index (χ1v) is 5.13. The number of benzene rings is 1. The normalized spacial score (nSPS) is 20.1. The van der Waals surface area contributed by atoms with E-state index in [9.17, 15) is 13.9 Å². The molecule has 88 valence electrons. The minimum Gasteiger partial charge on any atom is -0.503 e. The van der Waals surface area contributed by atoms with Crippen LogP contribution in [0.5, 0.6) is 11.5 Å².